The Bertz CT molecular complexity index is 270. The zero-order valence-corrected chi connectivity index (χ0v) is 9.21. The fraction of sp³-hybridized carbons (Fsp3) is 0.700. The molecule has 0 atom stereocenters. The molecule has 0 spiro atoms. The quantitative estimate of drug-likeness (QED) is 0.690. The number of nitrogens with one attached hydrogen (secondary N) is 1. The van der Waals surface area contributed by atoms with Crippen molar-refractivity contribution in [2.45, 2.75) is 26.9 Å². The summed E-state index contributed by atoms with van der Waals surface area (Å²) in [5.74, 6) is 0. The van der Waals surface area contributed by atoms with Gasteiger partial charge in [0.25, 0.3) is 0 Å². The summed E-state index contributed by atoms with van der Waals surface area (Å²) in [4.78, 5) is 0. The molecule has 1 rings (SSSR count). The van der Waals surface area contributed by atoms with Crippen LogP contribution in [0.3, 0.4) is 0 Å². The van der Waals surface area contributed by atoms with Crippen LogP contribution in [0.25, 0.3) is 0 Å². The van der Waals surface area contributed by atoms with Gasteiger partial charge < -0.3 is 10.1 Å². The summed E-state index contributed by atoms with van der Waals surface area (Å²) < 4.78 is 6.96. The third-order valence-corrected chi connectivity index (χ3v) is 2.30. The van der Waals surface area contributed by atoms with Gasteiger partial charge in [0, 0.05) is 38.0 Å². The molecular formula is C10H19N3O. The van der Waals surface area contributed by atoms with E-state index in [9.17, 15) is 0 Å². The molecule has 0 aliphatic heterocycles. The summed E-state index contributed by atoms with van der Waals surface area (Å²) in [6.45, 7) is 7.64. The van der Waals surface area contributed by atoms with E-state index < -0.39 is 0 Å². The first-order valence-electron chi connectivity index (χ1n) is 5.00. The fourth-order valence-corrected chi connectivity index (χ4v) is 1.37. The van der Waals surface area contributed by atoms with Crippen LogP contribution in [0.4, 0.5) is 0 Å². The van der Waals surface area contributed by atoms with Gasteiger partial charge in [0.05, 0.1) is 12.8 Å². The molecule has 0 saturated carbocycles. The van der Waals surface area contributed by atoms with Crippen molar-refractivity contribution in [3.05, 3.63) is 17.5 Å². The second kappa shape index (κ2) is 5.78. The van der Waals surface area contributed by atoms with Gasteiger partial charge >= 0.3 is 0 Å². The average molecular weight is 197 g/mol. The van der Waals surface area contributed by atoms with Crippen LogP contribution < -0.4 is 5.32 Å². The second-order valence-electron chi connectivity index (χ2n) is 3.24. The standard InChI is InChI=1S/C10H19N3O/c1-4-13-9(2)10(8-12-13)7-11-5-6-14-3/h8,11H,4-7H2,1-3H3. The molecule has 1 N–H and O–H groups in total. The van der Waals surface area contributed by atoms with E-state index in [1.165, 1.54) is 11.3 Å². The molecule has 0 radical (unpaired) electrons. The maximum Gasteiger partial charge on any atom is 0.0587 e. The van der Waals surface area contributed by atoms with Crippen LogP contribution in [0, 0.1) is 6.92 Å². The monoisotopic (exact) mass is 197 g/mol. The van der Waals surface area contributed by atoms with Crippen molar-refractivity contribution >= 4 is 0 Å². The zero-order chi connectivity index (χ0) is 10.4. The Hall–Kier alpha value is -0.870. The predicted octanol–water partition coefficient (Wildman–Crippen LogP) is 0.947. The summed E-state index contributed by atoms with van der Waals surface area (Å²) in [5, 5.41) is 7.58. The minimum atomic E-state index is 0.751. The summed E-state index contributed by atoms with van der Waals surface area (Å²) in [5.41, 5.74) is 2.51. The van der Waals surface area contributed by atoms with Crippen LogP contribution in [0.15, 0.2) is 6.20 Å². The first kappa shape index (κ1) is 11.2. The number of hydrogen-bond donors (Lipinski definition) is 1. The minimum absolute atomic E-state index is 0.751. The van der Waals surface area contributed by atoms with Gasteiger partial charge in [0.1, 0.15) is 0 Å². The van der Waals surface area contributed by atoms with Gasteiger partial charge in [-0.1, -0.05) is 0 Å². The molecule has 1 aromatic rings. The molecule has 4 heteroatoms. The molecule has 0 bridgehead atoms. The Balaban J connectivity index is 2.39. The highest BCUT2D eigenvalue weighted by atomic mass is 16.5. The number of nitrogens with zero attached hydrogens (tertiary/aromatic N) is 2. The molecule has 80 valence electrons. The van der Waals surface area contributed by atoms with E-state index in [2.05, 4.69) is 24.3 Å². The Morgan fingerprint density at radius 2 is 2.36 bits per heavy atom. The van der Waals surface area contributed by atoms with Crippen LogP contribution >= 0.6 is 0 Å². The first-order valence-corrected chi connectivity index (χ1v) is 5.00. The van der Waals surface area contributed by atoms with Crippen molar-refractivity contribution < 1.29 is 4.74 Å². The third-order valence-electron chi connectivity index (χ3n) is 2.30. The predicted molar refractivity (Wildman–Crippen MR) is 56.2 cm³/mol. The lowest BCUT2D eigenvalue weighted by Crippen LogP contribution is -2.18. The molecule has 0 amide bonds. The van der Waals surface area contributed by atoms with Gasteiger partial charge in [-0.25, -0.2) is 0 Å². The molecule has 0 aliphatic rings. The van der Waals surface area contributed by atoms with Crippen LogP contribution in [-0.2, 0) is 17.8 Å². The van der Waals surface area contributed by atoms with Crippen molar-refractivity contribution in [3.8, 4) is 0 Å². The maximum atomic E-state index is 4.95. The van der Waals surface area contributed by atoms with Gasteiger partial charge in [-0.2, -0.15) is 5.10 Å². The van der Waals surface area contributed by atoms with Crippen molar-refractivity contribution in [1.29, 1.82) is 0 Å². The van der Waals surface area contributed by atoms with E-state index in [0.29, 0.717) is 0 Å². The SMILES string of the molecule is CCn1ncc(CNCCOC)c1C. The van der Waals surface area contributed by atoms with Gasteiger partial charge in [-0.3, -0.25) is 4.68 Å². The summed E-state index contributed by atoms with van der Waals surface area (Å²) in [7, 11) is 1.71. The molecule has 0 aliphatic carbocycles. The summed E-state index contributed by atoms with van der Waals surface area (Å²) in [6, 6.07) is 0. The number of hydrogen-bond acceptors (Lipinski definition) is 3. The number of methoxy groups -OCH3 is 1. The molecule has 0 unspecified atom stereocenters. The smallest absolute Gasteiger partial charge is 0.0587 e. The Labute approximate surface area is 85.3 Å². The molecular weight excluding hydrogens is 178 g/mol. The average Bonchev–Trinajstić information content (AvgIpc) is 2.55. The van der Waals surface area contributed by atoms with Crippen molar-refractivity contribution in [1.82, 2.24) is 15.1 Å². The van der Waals surface area contributed by atoms with Crippen LogP contribution in [0.5, 0.6) is 0 Å². The number of ether oxygens (including phenoxy) is 1. The molecule has 1 aromatic heterocycles. The van der Waals surface area contributed by atoms with E-state index >= 15 is 0 Å². The van der Waals surface area contributed by atoms with E-state index in [0.717, 1.165) is 26.2 Å². The normalized spacial score (nSPS) is 10.8. The van der Waals surface area contributed by atoms with Gasteiger partial charge in [-0.15, -0.1) is 0 Å². The molecule has 0 saturated heterocycles. The van der Waals surface area contributed by atoms with Gasteiger partial charge in [0.15, 0.2) is 0 Å². The third kappa shape index (κ3) is 2.82. The lowest BCUT2D eigenvalue weighted by Gasteiger charge is -2.04. The lowest BCUT2D eigenvalue weighted by molar-refractivity contribution is 0.199. The van der Waals surface area contributed by atoms with E-state index in [1.807, 2.05) is 10.9 Å². The van der Waals surface area contributed by atoms with E-state index in [-0.39, 0.29) is 0 Å². The molecule has 0 fully saturated rings. The van der Waals surface area contributed by atoms with E-state index in [1.54, 1.807) is 7.11 Å². The van der Waals surface area contributed by atoms with Crippen LogP contribution in [0.1, 0.15) is 18.2 Å². The van der Waals surface area contributed by atoms with Crippen LogP contribution in [-0.4, -0.2) is 30.0 Å². The van der Waals surface area contributed by atoms with Crippen molar-refractivity contribution in [2.75, 3.05) is 20.3 Å². The van der Waals surface area contributed by atoms with Crippen molar-refractivity contribution in [2.24, 2.45) is 0 Å². The topological polar surface area (TPSA) is 39.1 Å². The lowest BCUT2D eigenvalue weighted by atomic mass is 10.2. The van der Waals surface area contributed by atoms with E-state index in [4.69, 9.17) is 4.74 Å². The number of aryl methyl sites for hydroxylation is 1. The Morgan fingerprint density at radius 3 is 2.93 bits per heavy atom. The van der Waals surface area contributed by atoms with Gasteiger partial charge in [-0.05, 0) is 13.8 Å². The summed E-state index contributed by atoms with van der Waals surface area (Å²) in [6.07, 6.45) is 1.93. The highest BCUT2D eigenvalue weighted by Gasteiger charge is 2.03. The Kier molecular flexibility index (Phi) is 4.62. The largest absolute Gasteiger partial charge is 0.383 e. The molecule has 1 heterocycles. The number of aromatic nitrogens is 2. The van der Waals surface area contributed by atoms with Crippen molar-refractivity contribution in [3.63, 3.8) is 0 Å². The maximum absolute atomic E-state index is 4.95. The fourth-order valence-electron chi connectivity index (χ4n) is 1.37. The van der Waals surface area contributed by atoms with Gasteiger partial charge in [0.2, 0.25) is 0 Å². The Morgan fingerprint density at radius 1 is 1.57 bits per heavy atom. The highest BCUT2D eigenvalue weighted by molar-refractivity contribution is 5.15. The van der Waals surface area contributed by atoms with Crippen LogP contribution in [0.2, 0.25) is 0 Å². The number of rotatable bonds is 6. The zero-order valence-electron chi connectivity index (χ0n) is 9.21. The summed E-state index contributed by atoms with van der Waals surface area (Å²) >= 11 is 0. The minimum Gasteiger partial charge on any atom is -0.383 e. The first-order chi connectivity index (χ1) is 6.79. The second-order valence-corrected chi connectivity index (χ2v) is 3.24. The molecule has 4 nitrogen and oxygen atoms in total. The molecule has 14 heavy (non-hydrogen) atoms. The highest BCUT2D eigenvalue weighted by Crippen LogP contribution is 2.05. The molecule has 0 aromatic carbocycles.